The molecule has 0 amide bonds. The third-order valence-corrected chi connectivity index (χ3v) is 3.81. The lowest BCUT2D eigenvalue weighted by Crippen LogP contribution is -2.41. The van der Waals surface area contributed by atoms with E-state index in [1.165, 1.54) is 6.07 Å². The Morgan fingerprint density at radius 2 is 2.26 bits per heavy atom. The normalized spacial score (nSPS) is 19.5. The van der Waals surface area contributed by atoms with E-state index in [2.05, 4.69) is 4.90 Å². The average Bonchev–Trinajstić information content (AvgIpc) is 2.39. The molecule has 1 saturated heterocycles. The molecule has 2 rings (SSSR count). The molecule has 1 aromatic rings. The van der Waals surface area contributed by atoms with Gasteiger partial charge in [-0.2, -0.15) is 0 Å². The van der Waals surface area contributed by atoms with E-state index in [1.54, 1.807) is 12.1 Å². The molecule has 1 unspecified atom stereocenters. The van der Waals surface area contributed by atoms with E-state index < -0.39 is 0 Å². The van der Waals surface area contributed by atoms with Crippen LogP contribution in [-0.2, 0) is 0 Å². The van der Waals surface area contributed by atoms with Gasteiger partial charge in [0, 0.05) is 23.7 Å². The second-order valence-corrected chi connectivity index (χ2v) is 5.25. The van der Waals surface area contributed by atoms with Gasteiger partial charge in [-0.1, -0.05) is 11.6 Å². The summed E-state index contributed by atoms with van der Waals surface area (Å²) < 4.78 is 0. The maximum Gasteiger partial charge on any atom is 0.292 e. The number of piperidine rings is 1. The number of rotatable bonds is 4. The predicted molar refractivity (Wildman–Crippen MR) is 76.8 cm³/mol. The molecular formula is C13H18ClN3O2. The zero-order chi connectivity index (χ0) is 13.8. The van der Waals surface area contributed by atoms with Crippen LogP contribution in [0.5, 0.6) is 0 Å². The summed E-state index contributed by atoms with van der Waals surface area (Å²) in [6, 6.07) is 5.00. The first-order chi connectivity index (χ1) is 9.13. The monoisotopic (exact) mass is 283 g/mol. The van der Waals surface area contributed by atoms with Crippen molar-refractivity contribution in [2.45, 2.75) is 31.7 Å². The Hall–Kier alpha value is -1.33. The smallest absolute Gasteiger partial charge is 0.292 e. The molecule has 0 aromatic heterocycles. The first-order valence-electron chi connectivity index (χ1n) is 6.54. The van der Waals surface area contributed by atoms with Gasteiger partial charge in [-0.05, 0) is 44.4 Å². The third-order valence-electron chi connectivity index (χ3n) is 3.57. The maximum absolute atomic E-state index is 11.2. The first kappa shape index (κ1) is 14.1. The minimum Gasteiger partial charge on any atom is -0.363 e. The molecule has 1 atom stereocenters. The van der Waals surface area contributed by atoms with Crippen molar-refractivity contribution in [2.24, 2.45) is 5.73 Å². The van der Waals surface area contributed by atoms with Crippen LogP contribution in [0.15, 0.2) is 18.2 Å². The van der Waals surface area contributed by atoms with Crippen molar-refractivity contribution < 1.29 is 4.92 Å². The Morgan fingerprint density at radius 1 is 1.47 bits per heavy atom. The van der Waals surface area contributed by atoms with Gasteiger partial charge in [0.25, 0.3) is 5.69 Å². The lowest BCUT2D eigenvalue weighted by molar-refractivity contribution is -0.384. The molecule has 1 fully saturated rings. The highest BCUT2D eigenvalue weighted by Crippen LogP contribution is 2.35. The van der Waals surface area contributed by atoms with E-state index in [0.29, 0.717) is 17.3 Å². The van der Waals surface area contributed by atoms with Gasteiger partial charge in [0.05, 0.1) is 4.92 Å². The number of halogens is 1. The summed E-state index contributed by atoms with van der Waals surface area (Å²) >= 11 is 5.99. The number of benzene rings is 1. The molecule has 5 nitrogen and oxygen atoms in total. The third kappa shape index (κ3) is 3.16. The quantitative estimate of drug-likeness (QED) is 0.681. The van der Waals surface area contributed by atoms with Crippen LogP contribution in [0.4, 0.5) is 11.4 Å². The molecule has 1 aliphatic rings. The van der Waals surface area contributed by atoms with Crippen molar-refractivity contribution in [3.8, 4) is 0 Å². The summed E-state index contributed by atoms with van der Waals surface area (Å²) in [4.78, 5) is 12.9. The van der Waals surface area contributed by atoms with E-state index in [-0.39, 0.29) is 16.7 Å². The zero-order valence-electron chi connectivity index (χ0n) is 10.7. The van der Waals surface area contributed by atoms with E-state index in [1.807, 2.05) is 0 Å². The molecule has 0 aliphatic carbocycles. The van der Waals surface area contributed by atoms with Gasteiger partial charge in [0.2, 0.25) is 0 Å². The fraction of sp³-hybridized carbons (Fsp3) is 0.538. The highest BCUT2D eigenvalue weighted by atomic mass is 35.5. The van der Waals surface area contributed by atoms with Crippen LogP contribution in [-0.4, -0.2) is 24.1 Å². The number of nitro benzene ring substituents is 1. The highest BCUT2D eigenvalue weighted by Gasteiger charge is 2.27. The number of hydrogen-bond acceptors (Lipinski definition) is 4. The molecular weight excluding hydrogens is 266 g/mol. The average molecular weight is 284 g/mol. The van der Waals surface area contributed by atoms with Crippen LogP contribution in [0.3, 0.4) is 0 Å². The van der Waals surface area contributed by atoms with Crippen molar-refractivity contribution in [3.63, 3.8) is 0 Å². The van der Waals surface area contributed by atoms with Gasteiger partial charge >= 0.3 is 0 Å². The number of nitrogens with zero attached hydrogens (tertiary/aromatic N) is 2. The van der Waals surface area contributed by atoms with Crippen molar-refractivity contribution >= 4 is 23.0 Å². The molecule has 6 heteroatoms. The van der Waals surface area contributed by atoms with Gasteiger partial charge in [0.15, 0.2) is 0 Å². The Balaban J connectivity index is 2.37. The second-order valence-electron chi connectivity index (χ2n) is 4.81. The Bertz CT molecular complexity index is 465. The molecule has 0 saturated carbocycles. The summed E-state index contributed by atoms with van der Waals surface area (Å²) in [6.07, 6.45) is 4.07. The predicted octanol–water partition coefficient (Wildman–Crippen LogP) is 2.96. The Kier molecular flexibility index (Phi) is 4.61. The molecule has 0 spiro atoms. The van der Waals surface area contributed by atoms with Gasteiger partial charge in [0.1, 0.15) is 5.69 Å². The van der Waals surface area contributed by atoms with Crippen molar-refractivity contribution in [3.05, 3.63) is 33.3 Å². The standard InChI is InChI=1S/C13H18ClN3O2/c14-10-4-5-12(17(18)19)13(9-10)16-8-2-1-3-11(16)6-7-15/h4-5,9,11H,1-3,6-8,15H2. The molecule has 2 N–H and O–H groups in total. The van der Waals surface area contributed by atoms with Crippen molar-refractivity contribution in [1.82, 2.24) is 0 Å². The zero-order valence-corrected chi connectivity index (χ0v) is 11.5. The van der Waals surface area contributed by atoms with Crippen molar-refractivity contribution in [1.29, 1.82) is 0 Å². The van der Waals surface area contributed by atoms with E-state index >= 15 is 0 Å². The van der Waals surface area contributed by atoms with Crippen LogP contribution in [0.1, 0.15) is 25.7 Å². The molecule has 1 aromatic carbocycles. The largest absolute Gasteiger partial charge is 0.363 e. The molecule has 104 valence electrons. The summed E-state index contributed by atoms with van der Waals surface area (Å²) in [5.74, 6) is 0. The number of nitro groups is 1. The van der Waals surface area contributed by atoms with E-state index in [0.717, 1.165) is 32.2 Å². The van der Waals surface area contributed by atoms with E-state index in [4.69, 9.17) is 17.3 Å². The Labute approximate surface area is 117 Å². The van der Waals surface area contributed by atoms with Gasteiger partial charge < -0.3 is 10.6 Å². The fourth-order valence-corrected chi connectivity index (χ4v) is 2.86. The summed E-state index contributed by atoms with van der Waals surface area (Å²) in [5, 5.41) is 11.7. The van der Waals surface area contributed by atoms with Gasteiger partial charge in [-0.15, -0.1) is 0 Å². The molecule has 19 heavy (non-hydrogen) atoms. The lowest BCUT2D eigenvalue weighted by atomic mass is 9.98. The summed E-state index contributed by atoms with van der Waals surface area (Å²) in [5.41, 5.74) is 6.38. The van der Waals surface area contributed by atoms with Crippen molar-refractivity contribution in [2.75, 3.05) is 18.0 Å². The highest BCUT2D eigenvalue weighted by molar-refractivity contribution is 6.31. The molecule has 0 bridgehead atoms. The van der Waals surface area contributed by atoms with Crippen LogP contribution in [0.25, 0.3) is 0 Å². The lowest BCUT2D eigenvalue weighted by Gasteiger charge is -2.37. The number of anilines is 1. The second kappa shape index (κ2) is 6.21. The molecule has 1 aliphatic heterocycles. The van der Waals surface area contributed by atoms with Crippen LogP contribution in [0, 0.1) is 10.1 Å². The number of hydrogen-bond donors (Lipinski definition) is 1. The summed E-state index contributed by atoms with van der Waals surface area (Å²) in [6.45, 7) is 1.42. The SMILES string of the molecule is NCCC1CCCCN1c1cc(Cl)ccc1[N+](=O)[O-]. The first-order valence-corrected chi connectivity index (χ1v) is 6.92. The van der Waals surface area contributed by atoms with Crippen LogP contribution < -0.4 is 10.6 Å². The topological polar surface area (TPSA) is 72.4 Å². The van der Waals surface area contributed by atoms with Gasteiger partial charge in [-0.25, -0.2) is 0 Å². The number of nitrogens with two attached hydrogens (primary N) is 1. The van der Waals surface area contributed by atoms with Crippen LogP contribution in [0.2, 0.25) is 5.02 Å². The fourth-order valence-electron chi connectivity index (χ4n) is 2.69. The molecule has 0 radical (unpaired) electrons. The minimum absolute atomic E-state index is 0.119. The van der Waals surface area contributed by atoms with E-state index in [9.17, 15) is 10.1 Å². The van der Waals surface area contributed by atoms with Crippen LogP contribution >= 0.6 is 11.6 Å². The van der Waals surface area contributed by atoms with Gasteiger partial charge in [-0.3, -0.25) is 10.1 Å². The Morgan fingerprint density at radius 3 is 2.95 bits per heavy atom. The summed E-state index contributed by atoms with van der Waals surface area (Å²) in [7, 11) is 0. The minimum atomic E-state index is -0.347. The maximum atomic E-state index is 11.2. The molecule has 1 heterocycles.